The van der Waals surface area contributed by atoms with Gasteiger partial charge in [-0.1, -0.05) is 97.1 Å². The molecule has 4 aromatic carbocycles. The molecular weight excluding hydrogens is 509 g/mol. The first-order valence-corrected chi connectivity index (χ1v) is 14.7. The standard InChI is InChI=1S/C34H35NO3S.Li/c1-24-11-9-10-16-29(24)31-23-26(17-18-30(31)33(36)35-32(34(37)38)19-20-39-2)22-28(27-14-7-4-8-15-27)21-25-12-5-3-6-13-25;/h3-18,23,28,32H,19-22H2,1-2H3,(H,35,36)(H,37,38);/q;+1. The molecule has 0 aliphatic carbocycles. The van der Waals surface area contributed by atoms with E-state index in [0.717, 1.165) is 35.1 Å². The molecule has 0 radical (unpaired) electrons. The van der Waals surface area contributed by atoms with Crippen LogP contribution < -0.4 is 24.2 Å². The van der Waals surface area contributed by atoms with Crippen LogP contribution in [0, 0.1) is 6.92 Å². The van der Waals surface area contributed by atoms with Gasteiger partial charge >= 0.3 is 24.8 Å². The molecule has 4 aromatic rings. The molecular formula is C34H35LiNO3S+. The summed E-state index contributed by atoms with van der Waals surface area (Å²) < 4.78 is 0. The van der Waals surface area contributed by atoms with Crippen molar-refractivity contribution in [3.8, 4) is 11.1 Å². The van der Waals surface area contributed by atoms with Gasteiger partial charge in [-0.15, -0.1) is 0 Å². The molecule has 0 saturated carbocycles. The van der Waals surface area contributed by atoms with Gasteiger partial charge in [-0.3, -0.25) is 4.79 Å². The maximum Gasteiger partial charge on any atom is 1.00 e. The molecule has 0 heterocycles. The molecule has 0 spiro atoms. The van der Waals surface area contributed by atoms with Crippen molar-refractivity contribution in [2.45, 2.75) is 38.1 Å². The first kappa shape index (κ1) is 31.3. The third-order valence-electron chi connectivity index (χ3n) is 7.06. The Balaban J connectivity index is 0.00000441. The van der Waals surface area contributed by atoms with E-state index < -0.39 is 12.0 Å². The van der Waals surface area contributed by atoms with Gasteiger partial charge in [0.05, 0.1) is 0 Å². The maximum absolute atomic E-state index is 13.4. The maximum atomic E-state index is 13.4. The largest absolute Gasteiger partial charge is 1.00 e. The number of carbonyl (C=O) groups is 2. The number of carboxylic acid groups (broad SMARTS) is 1. The van der Waals surface area contributed by atoms with Crippen molar-refractivity contribution >= 4 is 23.6 Å². The van der Waals surface area contributed by atoms with Gasteiger partial charge in [0.2, 0.25) is 0 Å². The van der Waals surface area contributed by atoms with Crippen LogP contribution in [0.25, 0.3) is 11.1 Å². The second-order valence-corrected chi connectivity index (χ2v) is 10.8. The number of hydrogen-bond donors (Lipinski definition) is 2. The Hall–Kier alpha value is -3.23. The molecule has 2 unspecified atom stereocenters. The van der Waals surface area contributed by atoms with E-state index in [0.29, 0.717) is 17.7 Å². The SMILES string of the molecule is CSCCC(NC(=O)c1ccc(CC(Cc2ccccc2)c2ccccc2)cc1-c1ccccc1C)C(=O)O.[Li+]. The fourth-order valence-corrected chi connectivity index (χ4v) is 5.43. The summed E-state index contributed by atoms with van der Waals surface area (Å²) in [6, 6.07) is 34.1. The van der Waals surface area contributed by atoms with E-state index in [1.165, 1.54) is 11.1 Å². The van der Waals surface area contributed by atoms with Gasteiger partial charge in [-0.2, -0.15) is 11.8 Å². The average Bonchev–Trinajstić information content (AvgIpc) is 2.96. The van der Waals surface area contributed by atoms with Crippen LogP contribution in [0.4, 0.5) is 0 Å². The summed E-state index contributed by atoms with van der Waals surface area (Å²) >= 11 is 1.56. The summed E-state index contributed by atoms with van der Waals surface area (Å²) in [6.07, 6.45) is 4.02. The van der Waals surface area contributed by atoms with Crippen molar-refractivity contribution in [1.29, 1.82) is 0 Å². The number of thioether (sulfide) groups is 1. The van der Waals surface area contributed by atoms with Gasteiger partial charge < -0.3 is 10.4 Å². The number of hydrogen-bond acceptors (Lipinski definition) is 3. The van der Waals surface area contributed by atoms with Crippen LogP contribution in [-0.2, 0) is 17.6 Å². The fourth-order valence-electron chi connectivity index (χ4n) is 4.96. The number of carboxylic acids is 1. The summed E-state index contributed by atoms with van der Waals surface area (Å²) in [4.78, 5) is 25.3. The van der Waals surface area contributed by atoms with E-state index >= 15 is 0 Å². The molecule has 200 valence electrons. The predicted octanol–water partition coefficient (Wildman–Crippen LogP) is 4.17. The average molecular weight is 545 g/mol. The first-order valence-electron chi connectivity index (χ1n) is 13.3. The molecule has 0 aliphatic heterocycles. The van der Waals surface area contributed by atoms with Gasteiger partial charge in [0.15, 0.2) is 0 Å². The monoisotopic (exact) mass is 544 g/mol. The predicted molar refractivity (Wildman–Crippen MR) is 162 cm³/mol. The summed E-state index contributed by atoms with van der Waals surface area (Å²) in [6.45, 7) is 2.03. The molecule has 0 aromatic heterocycles. The fraction of sp³-hybridized carbons (Fsp3) is 0.235. The third-order valence-corrected chi connectivity index (χ3v) is 7.70. The summed E-state index contributed by atoms with van der Waals surface area (Å²) in [7, 11) is 0. The smallest absolute Gasteiger partial charge is 0.480 e. The van der Waals surface area contributed by atoms with Gasteiger partial charge in [0.1, 0.15) is 6.04 Å². The normalized spacial score (nSPS) is 12.2. The summed E-state index contributed by atoms with van der Waals surface area (Å²) in [5.41, 5.74) is 7.04. The van der Waals surface area contributed by atoms with Crippen molar-refractivity contribution in [3.05, 3.63) is 131 Å². The Morgan fingerprint density at radius 1 is 0.800 bits per heavy atom. The third kappa shape index (κ3) is 8.38. The number of benzene rings is 4. The van der Waals surface area contributed by atoms with E-state index in [-0.39, 0.29) is 30.7 Å². The number of nitrogens with one attached hydrogen (secondary N) is 1. The number of rotatable bonds is 12. The Morgan fingerprint density at radius 2 is 1.43 bits per heavy atom. The molecule has 0 fully saturated rings. The second kappa shape index (κ2) is 15.5. The van der Waals surface area contributed by atoms with Crippen LogP contribution >= 0.6 is 11.8 Å². The van der Waals surface area contributed by atoms with Crippen molar-refractivity contribution < 1.29 is 33.6 Å². The van der Waals surface area contributed by atoms with E-state index in [2.05, 4.69) is 59.9 Å². The molecule has 1 amide bonds. The minimum Gasteiger partial charge on any atom is -0.480 e. The topological polar surface area (TPSA) is 66.4 Å². The Kier molecular flexibility index (Phi) is 12.1. The van der Waals surface area contributed by atoms with Crippen LogP contribution in [-0.4, -0.2) is 35.0 Å². The minimum absolute atomic E-state index is 0. The number of aryl methyl sites for hydroxylation is 1. The van der Waals surface area contributed by atoms with E-state index in [9.17, 15) is 14.7 Å². The minimum atomic E-state index is -1.02. The first-order chi connectivity index (χ1) is 19.0. The quantitative estimate of drug-likeness (QED) is 0.263. The summed E-state index contributed by atoms with van der Waals surface area (Å²) in [5.74, 6) is -0.459. The van der Waals surface area contributed by atoms with Gasteiger partial charge in [0, 0.05) is 5.56 Å². The molecule has 40 heavy (non-hydrogen) atoms. The number of amides is 1. The van der Waals surface area contributed by atoms with Crippen LogP contribution in [0.1, 0.15) is 45.0 Å². The van der Waals surface area contributed by atoms with Crippen molar-refractivity contribution in [3.63, 3.8) is 0 Å². The molecule has 4 nitrogen and oxygen atoms in total. The zero-order valence-electron chi connectivity index (χ0n) is 23.5. The van der Waals surface area contributed by atoms with Crippen LogP contribution in [0.15, 0.2) is 103 Å². The molecule has 4 rings (SSSR count). The van der Waals surface area contributed by atoms with Crippen molar-refractivity contribution in [2.24, 2.45) is 0 Å². The Bertz CT molecular complexity index is 1390. The van der Waals surface area contributed by atoms with Gasteiger partial charge in [-0.25, -0.2) is 4.79 Å². The second-order valence-electron chi connectivity index (χ2n) is 9.84. The Morgan fingerprint density at radius 3 is 2.08 bits per heavy atom. The Labute approximate surface area is 253 Å². The number of carbonyl (C=O) groups excluding carboxylic acids is 1. The molecule has 0 aliphatic rings. The molecule has 0 saturated heterocycles. The van der Waals surface area contributed by atoms with Crippen molar-refractivity contribution in [1.82, 2.24) is 5.32 Å². The van der Waals surface area contributed by atoms with Crippen molar-refractivity contribution in [2.75, 3.05) is 12.0 Å². The molecule has 0 bridgehead atoms. The van der Waals surface area contributed by atoms with Gasteiger partial charge in [-0.05, 0) is 83.6 Å². The zero-order chi connectivity index (χ0) is 27.6. The van der Waals surface area contributed by atoms with Gasteiger partial charge in [0.25, 0.3) is 5.91 Å². The van der Waals surface area contributed by atoms with Crippen LogP contribution in [0.3, 0.4) is 0 Å². The molecule has 2 N–H and O–H groups in total. The van der Waals surface area contributed by atoms with E-state index in [4.69, 9.17) is 0 Å². The number of aliphatic carboxylic acids is 1. The summed E-state index contributed by atoms with van der Waals surface area (Å²) in [5, 5.41) is 12.4. The zero-order valence-corrected chi connectivity index (χ0v) is 24.3. The van der Waals surface area contributed by atoms with Crippen LogP contribution in [0.5, 0.6) is 0 Å². The van der Waals surface area contributed by atoms with E-state index in [1.807, 2.05) is 61.7 Å². The van der Waals surface area contributed by atoms with E-state index in [1.54, 1.807) is 11.8 Å². The van der Waals surface area contributed by atoms with Crippen LogP contribution in [0.2, 0.25) is 0 Å². The molecule has 6 heteroatoms. The molecule has 2 atom stereocenters.